The van der Waals surface area contributed by atoms with Crippen molar-refractivity contribution in [2.24, 2.45) is 5.92 Å². The van der Waals surface area contributed by atoms with E-state index in [1.807, 2.05) is 0 Å². The minimum Gasteiger partial charge on any atom is -0.376 e. The number of rotatable bonds is 2. The van der Waals surface area contributed by atoms with Gasteiger partial charge in [-0.25, -0.2) is 0 Å². The van der Waals surface area contributed by atoms with Gasteiger partial charge in [0.25, 0.3) is 0 Å². The van der Waals surface area contributed by atoms with Crippen LogP contribution in [0.1, 0.15) is 0 Å². The van der Waals surface area contributed by atoms with E-state index >= 15 is 0 Å². The first-order chi connectivity index (χ1) is 6.78. The molecule has 2 fully saturated rings. The largest absolute Gasteiger partial charge is 0.376 e. The Balaban J connectivity index is 2.29. The topological polar surface area (TPSA) is 51.5 Å². The summed E-state index contributed by atoms with van der Waals surface area (Å²) in [6.07, 6.45) is 1.40. The fourth-order valence-electron chi connectivity index (χ4n) is 2.20. The number of fused-ring (bicyclic) bond motifs is 1. The molecule has 0 saturated carbocycles. The molecule has 0 N–H and O–H groups in total. The average Bonchev–Trinajstić information content (AvgIpc) is 2.73. The van der Waals surface area contributed by atoms with E-state index in [4.69, 9.17) is 19.5 Å². The fraction of sp³-hybridized carbons (Fsp3) is 0.700. The summed E-state index contributed by atoms with van der Waals surface area (Å²) in [5, 5.41) is 8.97. The van der Waals surface area contributed by atoms with Crippen LogP contribution < -0.4 is 0 Å². The molecule has 4 nitrogen and oxygen atoms in total. The average molecular weight is 195 g/mol. The lowest BCUT2D eigenvalue weighted by Gasteiger charge is -2.25. The van der Waals surface area contributed by atoms with E-state index < -0.39 is 5.60 Å². The normalized spacial score (nSPS) is 45.9. The van der Waals surface area contributed by atoms with Crippen LogP contribution in [0.4, 0.5) is 0 Å². The molecule has 2 heterocycles. The Morgan fingerprint density at radius 2 is 2.43 bits per heavy atom. The highest BCUT2D eigenvalue weighted by Crippen LogP contribution is 2.42. The van der Waals surface area contributed by atoms with Gasteiger partial charge in [0.15, 0.2) is 0 Å². The van der Waals surface area contributed by atoms with Gasteiger partial charge in [0.1, 0.15) is 23.7 Å². The summed E-state index contributed by atoms with van der Waals surface area (Å²) in [6.45, 7) is 4.59. The van der Waals surface area contributed by atoms with Crippen LogP contribution in [0.2, 0.25) is 0 Å². The van der Waals surface area contributed by atoms with Crippen LogP contribution in [0.25, 0.3) is 0 Å². The van der Waals surface area contributed by atoms with E-state index in [1.165, 1.54) is 0 Å². The summed E-state index contributed by atoms with van der Waals surface area (Å²) < 4.78 is 16.4. The van der Waals surface area contributed by atoms with Crippen LogP contribution >= 0.6 is 0 Å². The predicted octanol–water partition coefficient (Wildman–Crippen LogP) is 0.495. The standard InChI is InChI=1S/C10H13NO3/c1-3-10-7(4-11)5-13-9(10)8(12-2)6-14-10/h3,7-9H,1,5-6H2,2H3. The second-order valence-corrected chi connectivity index (χ2v) is 3.58. The lowest BCUT2D eigenvalue weighted by molar-refractivity contribution is -0.0150. The first kappa shape index (κ1) is 9.66. The Kier molecular flexibility index (Phi) is 2.31. The summed E-state index contributed by atoms with van der Waals surface area (Å²) in [6, 6.07) is 2.19. The molecule has 14 heavy (non-hydrogen) atoms. The molecule has 0 aromatic carbocycles. The molecule has 0 amide bonds. The molecule has 76 valence electrons. The first-order valence-electron chi connectivity index (χ1n) is 4.60. The van der Waals surface area contributed by atoms with Crippen molar-refractivity contribution < 1.29 is 14.2 Å². The Morgan fingerprint density at radius 3 is 3.00 bits per heavy atom. The second kappa shape index (κ2) is 3.35. The summed E-state index contributed by atoms with van der Waals surface area (Å²) in [5.41, 5.74) is -0.657. The molecule has 4 atom stereocenters. The van der Waals surface area contributed by atoms with Crippen molar-refractivity contribution in [1.82, 2.24) is 0 Å². The lowest BCUT2D eigenvalue weighted by atomic mass is 9.86. The van der Waals surface area contributed by atoms with Crippen molar-refractivity contribution in [2.45, 2.75) is 17.8 Å². The minimum atomic E-state index is -0.657. The van der Waals surface area contributed by atoms with Crippen molar-refractivity contribution >= 4 is 0 Å². The third-order valence-corrected chi connectivity index (χ3v) is 3.04. The highest BCUT2D eigenvalue weighted by atomic mass is 16.6. The zero-order chi connectivity index (χ0) is 10.2. The molecule has 2 rings (SSSR count). The number of methoxy groups -OCH3 is 1. The Morgan fingerprint density at radius 1 is 1.64 bits per heavy atom. The van der Waals surface area contributed by atoms with Gasteiger partial charge in [-0.1, -0.05) is 6.08 Å². The number of nitriles is 1. The molecule has 0 aromatic rings. The Bertz CT molecular complexity index is 286. The maximum atomic E-state index is 8.97. The molecule has 4 unspecified atom stereocenters. The molecule has 2 aliphatic heterocycles. The van der Waals surface area contributed by atoms with Gasteiger partial charge in [0.05, 0.1) is 19.3 Å². The van der Waals surface area contributed by atoms with Crippen LogP contribution in [-0.2, 0) is 14.2 Å². The first-order valence-corrected chi connectivity index (χ1v) is 4.60. The highest BCUT2D eigenvalue weighted by molar-refractivity contribution is 5.21. The molecule has 0 bridgehead atoms. The Labute approximate surface area is 83.1 Å². The van der Waals surface area contributed by atoms with Crippen LogP contribution in [0.15, 0.2) is 12.7 Å². The molecular weight excluding hydrogens is 182 g/mol. The van der Waals surface area contributed by atoms with Crippen molar-refractivity contribution in [3.05, 3.63) is 12.7 Å². The highest BCUT2D eigenvalue weighted by Gasteiger charge is 2.58. The zero-order valence-corrected chi connectivity index (χ0v) is 8.10. The number of nitrogens with zero attached hydrogens (tertiary/aromatic N) is 1. The van der Waals surface area contributed by atoms with Crippen molar-refractivity contribution in [3.8, 4) is 6.07 Å². The third kappa shape index (κ3) is 1.04. The quantitative estimate of drug-likeness (QED) is 0.602. The van der Waals surface area contributed by atoms with Crippen LogP contribution in [0, 0.1) is 17.2 Å². The molecule has 2 aliphatic rings. The third-order valence-electron chi connectivity index (χ3n) is 3.04. The van der Waals surface area contributed by atoms with Crippen LogP contribution in [0.5, 0.6) is 0 Å². The van der Waals surface area contributed by atoms with Gasteiger partial charge in [-0.2, -0.15) is 5.26 Å². The van der Waals surface area contributed by atoms with Crippen molar-refractivity contribution in [3.63, 3.8) is 0 Å². The van der Waals surface area contributed by atoms with Crippen LogP contribution in [-0.4, -0.2) is 38.1 Å². The fourth-order valence-corrected chi connectivity index (χ4v) is 2.20. The molecule has 2 saturated heterocycles. The monoisotopic (exact) mass is 195 g/mol. The van der Waals surface area contributed by atoms with Crippen molar-refractivity contribution in [1.29, 1.82) is 5.26 Å². The zero-order valence-electron chi connectivity index (χ0n) is 8.10. The maximum absolute atomic E-state index is 8.97. The molecule has 0 aromatic heterocycles. The van der Waals surface area contributed by atoms with Gasteiger partial charge < -0.3 is 14.2 Å². The van der Waals surface area contributed by atoms with Gasteiger partial charge in [-0.15, -0.1) is 6.58 Å². The van der Waals surface area contributed by atoms with Gasteiger partial charge >= 0.3 is 0 Å². The summed E-state index contributed by atoms with van der Waals surface area (Å²) in [7, 11) is 1.62. The van der Waals surface area contributed by atoms with E-state index in [1.54, 1.807) is 13.2 Å². The smallest absolute Gasteiger partial charge is 0.133 e. The van der Waals surface area contributed by atoms with Gasteiger partial charge in [-0.3, -0.25) is 0 Å². The lowest BCUT2D eigenvalue weighted by Crippen LogP contribution is -2.42. The van der Waals surface area contributed by atoms with E-state index in [2.05, 4.69) is 12.6 Å². The number of ether oxygens (including phenoxy) is 3. The maximum Gasteiger partial charge on any atom is 0.133 e. The Hall–Kier alpha value is -0.890. The van der Waals surface area contributed by atoms with Gasteiger partial charge in [0, 0.05) is 7.11 Å². The molecule has 0 radical (unpaired) electrons. The van der Waals surface area contributed by atoms with Gasteiger partial charge in [0.2, 0.25) is 0 Å². The van der Waals surface area contributed by atoms with E-state index in [-0.39, 0.29) is 18.1 Å². The van der Waals surface area contributed by atoms with Crippen LogP contribution in [0.3, 0.4) is 0 Å². The molecule has 4 heteroatoms. The summed E-state index contributed by atoms with van der Waals surface area (Å²) in [5.74, 6) is -0.273. The van der Waals surface area contributed by atoms with E-state index in [0.29, 0.717) is 13.2 Å². The van der Waals surface area contributed by atoms with Gasteiger partial charge in [-0.05, 0) is 0 Å². The number of hydrogen-bond donors (Lipinski definition) is 0. The number of hydrogen-bond acceptors (Lipinski definition) is 4. The second-order valence-electron chi connectivity index (χ2n) is 3.58. The SMILES string of the molecule is C=CC12OCC(OC)C1OCC2C#N. The van der Waals surface area contributed by atoms with E-state index in [9.17, 15) is 0 Å². The summed E-state index contributed by atoms with van der Waals surface area (Å²) in [4.78, 5) is 0. The van der Waals surface area contributed by atoms with Crippen molar-refractivity contribution in [2.75, 3.05) is 20.3 Å². The summed E-state index contributed by atoms with van der Waals surface area (Å²) >= 11 is 0. The predicted molar refractivity (Wildman–Crippen MR) is 48.5 cm³/mol. The van der Waals surface area contributed by atoms with E-state index in [0.717, 1.165) is 0 Å². The molecular formula is C10H13NO3. The minimum absolute atomic E-state index is 0.0913. The molecule has 0 aliphatic carbocycles. The molecule has 0 spiro atoms.